The van der Waals surface area contributed by atoms with E-state index in [1.165, 1.54) is 12.8 Å². The Hall–Kier alpha value is -1.71. The minimum atomic E-state index is -0.796. The van der Waals surface area contributed by atoms with Crippen LogP contribution in [0.15, 0.2) is 0 Å². The predicted molar refractivity (Wildman–Crippen MR) is 158 cm³/mol. The van der Waals surface area contributed by atoms with Crippen LogP contribution < -0.4 is 17.2 Å². The standard InChI is InChI=1S/C10H19NO2.2C10H21NO2/c1-7-3-10(6-11,4-8(7)2)5-9(12)13;1-3-4-8(2)5-9(7-11)6-10(12)13;1-3-4-5-8(2)6-9(11)7-10(12)13/h7-8H,3-6,11H2,1-2H3,(H,12,13);2*8-9H,3-7,11H2,1-2H3,(H,12,13)/t7-,8-;2*8-,9+/m011/s1. The fraction of sp³-hybridized carbons (Fsp3) is 0.900. The number of carboxylic acid groups (broad SMARTS) is 3. The number of aliphatic carboxylic acids is 3. The quantitative estimate of drug-likeness (QED) is 0.136. The van der Waals surface area contributed by atoms with Gasteiger partial charge in [0.25, 0.3) is 0 Å². The molecule has 0 aliphatic heterocycles. The maximum Gasteiger partial charge on any atom is 0.304 e. The summed E-state index contributed by atoms with van der Waals surface area (Å²) in [4.78, 5) is 31.5. The maximum absolute atomic E-state index is 10.7. The molecule has 9 N–H and O–H groups in total. The summed E-state index contributed by atoms with van der Waals surface area (Å²) in [5.74, 6) is 0.276. The molecule has 1 saturated carbocycles. The Labute approximate surface area is 237 Å². The first kappa shape index (κ1) is 39.4. The molecule has 0 spiro atoms. The molecule has 0 unspecified atom stereocenters. The largest absolute Gasteiger partial charge is 0.481 e. The lowest BCUT2D eigenvalue weighted by molar-refractivity contribution is -0.140. The van der Waals surface area contributed by atoms with Crippen LogP contribution >= 0.6 is 0 Å². The van der Waals surface area contributed by atoms with Gasteiger partial charge in [0.1, 0.15) is 0 Å². The highest BCUT2D eigenvalue weighted by atomic mass is 16.4. The molecule has 0 radical (unpaired) electrons. The highest BCUT2D eigenvalue weighted by Gasteiger charge is 2.41. The van der Waals surface area contributed by atoms with E-state index in [-0.39, 0.29) is 36.6 Å². The van der Waals surface area contributed by atoms with Crippen LogP contribution in [0.4, 0.5) is 0 Å². The van der Waals surface area contributed by atoms with Crippen molar-refractivity contribution in [2.75, 3.05) is 13.1 Å². The Balaban J connectivity index is 0. The van der Waals surface area contributed by atoms with E-state index in [9.17, 15) is 14.4 Å². The number of carboxylic acids is 3. The molecule has 0 heterocycles. The topological polar surface area (TPSA) is 190 Å². The van der Waals surface area contributed by atoms with Crippen molar-refractivity contribution in [1.29, 1.82) is 0 Å². The van der Waals surface area contributed by atoms with Gasteiger partial charge in [0.05, 0.1) is 12.8 Å². The first-order valence-corrected chi connectivity index (χ1v) is 15.0. The molecule has 0 aromatic heterocycles. The maximum atomic E-state index is 10.7. The van der Waals surface area contributed by atoms with Gasteiger partial charge in [-0.15, -0.1) is 0 Å². The first-order chi connectivity index (χ1) is 18.1. The molecule has 0 bridgehead atoms. The first-order valence-electron chi connectivity index (χ1n) is 15.0. The van der Waals surface area contributed by atoms with Crippen LogP contribution in [0.3, 0.4) is 0 Å². The van der Waals surface area contributed by atoms with Crippen LogP contribution in [0.1, 0.15) is 119 Å². The molecule has 1 fully saturated rings. The van der Waals surface area contributed by atoms with Crippen molar-refractivity contribution in [3.05, 3.63) is 0 Å². The molecule has 1 aliphatic carbocycles. The Morgan fingerprint density at radius 3 is 1.72 bits per heavy atom. The van der Waals surface area contributed by atoms with Gasteiger partial charge >= 0.3 is 17.9 Å². The van der Waals surface area contributed by atoms with Crippen molar-refractivity contribution >= 4 is 17.9 Å². The molecular formula is C30H61N3O6. The summed E-state index contributed by atoms with van der Waals surface area (Å²) in [6.07, 6.45) is 10.1. The van der Waals surface area contributed by atoms with E-state index in [0.717, 1.165) is 44.9 Å². The van der Waals surface area contributed by atoms with Gasteiger partial charge in [-0.1, -0.05) is 73.6 Å². The lowest BCUT2D eigenvalue weighted by Crippen LogP contribution is -2.30. The fourth-order valence-corrected chi connectivity index (χ4v) is 5.74. The minimum absolute atomic E-state index is 0.0937. The normalized spacial score (nSPS) is 20.8. The van der Waals surface area contributed by atoms with E-state index in [2.05, 4.69) is 41.5 Å². The molecule has 1 aliphatic rings. The third kappa shape index (κ3) is 20.8. The third-order valence-electron chi connectivity index (χ3n) is 7.95. The summed E-state index contributed by atoms with van der Waals surface area (Å²) in [5, 5.41) is 25.9. The van der Waals surface area contributed by atoms with Crippen molar-refractivity contribution in [1.82, 2.24) is 0 Å². The van der Waals surface area contributed by atoms with E-state index >= 15 is 0 Å². The van der Waals surface area contributed by atoms with Gasteiger partial charge in [0.2, 0.25) is 0 Å². The summed E-state index contributed by atoms with van der Waals surface area (Å²) >= 11 is 0. The van der Waals surface area contributed by atoms with Gasteiger partial charge in [0.15, 0.2) is 0 Å². The zero-order valence-corrected chi connectivity index (χ0v) is 25.7. The zero-order valence-electron chi connectivity index (χ0n) is 25.7. The van der Waals surface area contributed by atoms with Gasteiger partial charge in [-0.2, -0.15) is 0 Å². The predicted octanol–water partition coefficient (Wildman–Crippen LogP) is 5.34. The van der Waals surface area contributed by atoms with E-state index in [1.807, 2.05) is 0 Å². The molecule has 6 atom stereocenters. The Bertz CT molecular complexity index is 665. The minimum Gasteiger partial charge on any atom is -0.481 e. The average molecular weight is 560 g/mol. The fourth-order valence-electron chi connectivity index (χ4n) is 5.74. The second-order valence-corrected chi connectivity index (χ2v) is 12.3. The van der Waals surface area contributed by atoms with Crippen molar-refractivity contribution in [2.24, 2.45) is 52.2 Å². The van der Waals surface area contributed by atoms with E-state index in [0.29, 0.717) is 36.8 Å². The molecule has 9 nitrogen and oxygen atoms in total. The number of hydrogen-bond acceptors (Lipinski definition) is 6. The van der Waals surface area contributed by atoms with Crippen molar-refractivity contribution in [3.8, 4) is 0 Å². The highest BCUT2D eigenvalue weighted by Crippen LogP contribution is 2.46. The van der Waals surface area contributed by atoms with Crippen LogP contribution in [-0.2, 0) is 14.4 Å². The van der Waals surface area contributed by atoms with Crippen LogP contribution in [0, 0.1) is 35.0 Å². The van der Waals surface area contributed by atoms with Crippen LogP contribution in [0.2, 0.25) is 0 Å². The van der Waals surface area contributed by atoms with Gasteiger partial charge < -0.3 is 32.5 Å². The molecule has 39 heavy (non-hydrogen) atoms. The monoisotopic (exact) mass is 559 g/mol. The lowest BCUT2D eigenvalue weighted by Gasteiger charge is -2.25. The lowest BCUT2D eigenvalue weighted by atomic mass is 9.82. The van der Waals surface area contributed by atoms with Crippen LogP contribution in [0.25, 0.3) is 0 Å². The second-order valence-electron chi connectivity index (χ2n) is 12.3. The molecule has 232 valence electrons. The van der Waals surface area contributed by atoms with Gasteiger partial charge in [-0.05, 0) is 73.8 Å². The Kier molecular flexibility index (Phi) is 22.3. The van der Waals surface area contributed by atoms with Gasteiger partial charge in [0, 0.05) is 12.5 Å². The smallest absolute Gasteiger partial charge is 0.304 e. The Morgan fingerprint density at radius 2 is 1.33 bits per heavy atom. The summed E-state index contributed by atoms with van der Waals surface area (Å²) in [5.41, 5.74) is 16.7. The number of carbonyl (C=O) groups is 3. The number of nitrogens with two attached hydrogens (primary N) is 3. The van der Waals surface area contributed by atoms with Crippen molar-refractivity contribution in [2.45, 2.75) is 125 Å². The van der Waals surface area contributed by atoms with Crippen LogP contribution in [-0.4, -0.2) is 52.4 Å². The van der Waals surface area contributed by atoms with E-state index < -0.39 is 17.9 Å². The molecular weight excluding hydrogens is 498 g/mol. The van der Waals surface area contributed by atoms with Gasteiger partial charge in [-0.3, -0.25) is 14.4 Å². The summed E-state index contributed by atoms with van der Waals surface area (Å²) in [6.45, 7) is 14.0. The highest BCUT2D eigenvalue weighted by molar-refractivity contribution is 5.68. The van der Waals surface area contributed by atoms with E-state index in [1.54, 1.807) is 0 Å². The van der Waals surface area contributed by atoms with Crippen molar-refractivity contribution < 1.29 is 29.7 Å². The zero-order chi connectivity index (χ0) is 30.6. The molecule has 0 saturated heterocycles. The number of unbranched alkanes of at least 4 members (excludes halogenated alkanes) is 1. The molecule has 1 rings (SSSR count). The molecule has 0 aromatic carbocycles. The average Bonchev–Trinajstić information content (AvgIpc) is 3.10. The second kappa shape index (κ2) is 22.0. The SMILES string of the molecule is CCCC[C@@H](C)C[C@H](N)CC(=O)O.CCC[C@@H](C)C[C@H](CN)CC(=O)O.C[C@H]1CC(CN)(CC(=O)O)C[C@@H]1C. The van der Waals surface area contributed by atoms with E-state index in [4.69, 9.17) is 32.5 Å². The summed E-state index contributed by atoms with van der Waals surface area (Å²) < 4.78 is 0. The third-order valence-corrected chi connectivity index (χ3v) is 7.95. The summed E-state index contributed by atoms with van der Waals surface area (Å²) in [6, 6.07) is -0.177. The molecule has 0 amide bonds. The number of hydrogen-bond donors (Lipinski definition) is 6. The summed E-state index contributed by atoms with van der Waals surface area (Å²) in [7, 11) is 0. The molecule has 9 heteroatoms. The number of rotatable bonds is 17. The van der Waals surface area contributed by atoms with Gasteiger partial charge in [-0.25, -0.2) is 0 Å². The molecule has 0 aromatic rings. The van der Waals surface area contributed by atoms with Crippen LogP contribution in [0.5, 0.6) is 0 Å². The van der Waals surface area contributed by atoms with Crippen molar-refractivity contribution in [3.63, 3.8) is 0 Å². The Morgan fingerprint density at radius 1 is 0.821 bits per heavy atom.